The van der Waals surface area contributed by atoms with Crippen molar-refractivity contribution in [3.8, 4) is 6.07 Å². The second-order valence-electron chi connectivity index (χ2n) is 8.06. The summed E-state index contributed by atoms with van der Waals surface area (Å²) in [6, 6.07) is 17.5. The molecule has 1 heterocycles. The lowest BCUT2D eigenvalue weighted by Gasteiger charge is -2.25. The minimum absolute atomic E-state index is 0.0645. The molecule has 1 amide bonds. The number of piperidine rings is 1. The van der Waals surface area contributed by atoms with Crippen molar-refractivity contribution in [3.05, 3.63) is 60.2 Å². The Bertz CT molecular complexity index is 1110. The first-order valence-electron chi connectivity index (χ1n) is 11.4. The molecule has 1 saturated heterocycles. The second kappa shape index (κ2) is 12.3. The van der Waals surface area contributed by atoms with E-state index in [-0.39, 0.29) is 24.3 Å². The number of hydrogen-bond donors (Lipinski definition) is 0. The van der Waals surface area contributed by atoms with Crippen molar-refractivity contribution in [2.75, 3.05) is 31.1 Å². The number of nitrogens with zero attached hydrogens (tertiary/aromatic N) is 3. The molecule has 34 heavy (non-hydrogen) atoms. The molecule has 8 nitrogen and oxygen atoms in total. The lowest BCUT2D eigenvalue weighted by atomic mass is 10.1. The summed E-state index contributed by atoms with van der Waals surface area (Å²) in [5.74, 6) is -0.922. The number of ether oxygens (including phenoxy) is 1. The van der Waals surface area contributed by atoms with Gasteiger partial charge >= 0.3 is 5.97 Å². The molecule has 9 heteroatoms. The number of sulfonamides is 1. The third-order valence-electron chi connectivity index (χ3n) is 5.67. The highest BCUT2D eigenvalue weighted by atomic mass is 32.2. The number of amides is 1. The van der Waals surface area contributed by atoms with E-state index in [0.29, 0.717) is 25.2 Å². The minimum Gasteiger partial charge on any atom is -0.456 e. The Hall–Kier alpha value is -3.22. The molecule has 0 N–H and O–H groups in total. The van der Waals surface area contributed by atoms with Crippen LogP contribution in [0.4, 0.5) is 5.69 Å². The Morgan fingerprint density at radius 3 is 2.32 bits per heavy atom. The van der Waals surface area contributed by atoms with Crippen molar-refractivity contribution in [1.82, 2.24) is 4.31 Å². The molecule has 180 valence electrons. The van der Waals surface area contributed by atoms with Gasteiger partial charge in [0.2, 0.25) is 10.0 Å². The Labute approximate surface area is 200 Å². The van der Waals surface area contributed by atoms with E-state index in [2.05, 4.69) is 0 Å². The minimum atomic E-state index is -3.49. The molecule has 0 radical (unpaired) electrons. The van der Waals surface area contributed by atoms with Gasteiger partial charge in [-0.15, -0.1) is 0 Å². The van der Waals surface area contributed by atoms with Crippen molar-refractivity contribution < 1.29 is 22.7 Å². The van der Waals surface area contributed by atoms with Crippen LogP contribution in [0.5, 0.6) is 0 Å². The van der Waals surface area contributed by atoms with E-state index >= 15 is 0 Å². The van der Waals surface area contributed by atoms with Gasteiger partial charge in [-0.2, -0.15) is 9.57 Å². The predicted octanol–water partition coefficient (Wildman–Crippen LogP) is 3.28. The van der Waals surface area contributed by atoms with Crippen LogP contribution in [0.1, 0.15) is 37.7 Å². The number of hydrogen-bond acceptors (Lipinski definition) is 6. The zero-order valence-corrected chi connectivity index (χ0v) is 19.9. The Morgan fingerprint density at radius 2 is 1.68 bits per heavy atom. The van der Waals surface area contributed by atoms with Crippen molar-refractivity contribution in [2.24, 2.45) is 0 Å². The quantitative estimate of drug-likeness (QED) is 0.480. The molecule has 0 aliphatic carbocycles. The van der Waals surface area contributed by atoms with Crippen LogP contribution in [0.15, 0.2) is 59.5 Å². The summed E-state index contributed by atoms with van der Waals surface area (Å²) < 4.78 is 32.1. The lowest BCUT2D eigenvalue weighted by molar-refractivity contribution is -0.147. The van der Waals surface area contributed by atoms with Gasteiger partial charge in [-0.05, 0) is 49.1 Å². The highest BCUT2D eigenvalue weighted by Gasteiger charge is 2.25. The van der Waals surface area contributed by atoms with Gasteiger partial charge in [-0.25, -0.2) is 8.42 Å². The predicted molar refractivity (Wildman–Crippen MR) is 127 cm³/mol. The standard InChI is InChI=1S/C25H29N3O5S/c26-16-7-19-28(22-8-3-1-4-9-22)24(29)20-33-25(30)15-12-21-10-13-23(14-11-21)34(31,32)27-17-5-2-6-18-27/h1,3-4,8-11,13-14H,2,5-7,12,15,17-20H2. The number of carbonyl (C=O) groups excluding carboxylic acids is 2. The molecule has 0 aromatic heterocycles. The normalized spacial score (nSPS) is 14.2. The summed E-state index contributed by atoms with van der Waals surface area (Å²) in [7, 11) is -3.49. The average molecular weight is 484 g/mol. The van der Waals surface area contributed by atoms with Gasteiger partial charge < -0.3 is 9.64 Å². The maximum Gasteiger partial charge on any atom is 0.306 e. The number of carbonyl (C=O) groups is 2. The second-order valence-corrected chi connectivity index (χ2v) is 10.00. The van der Waals surface area contributed by atoms with Gasteiger partial charge in [0.1, 0.15) is 0 Å². The highest BCUT2D eigenvalue weighted by Crippen LogP contribution is 2.21. The fourth-order valence-electron chi connectivity index (χ4n) is 3.79. The van der Waals surface area contributed by atoms with E-state index in [9.17, 15) is 18.0 Å². The van der Waals surface area contributed by atoms with Crippen molar-refractivity contribution in [3.63, 3.8) is 0 Å². The first kappa shape index (κ1) is 25.4. The molecule has 0 spiro atoms. The summed E-state index contributed by atoms with van der Waals surface area (Å²) in [6.07, 6.45) is 3.41. The van der Waals surface area contributed by atoms with Crippen LogP contribution in [-0.4, -0.2) is 50.8 Å². The number of aryl methyl sites for hydroxylation is 1. The van der Waals surface area contributed by atoms with E-state index in [1.54, 1.807) is 48.5 Å². The zero-order chi connectivity index (χ0) is 24.4. The third-order valence-corrected chi connectivity index (χ3v) is 7.58. The largest absolute Gasteiger partial charge is 0.456 e. The molecule has 0 atom stereocenters. The van der Waals surface area contributed by atoms with Crippen LogP contribution < -0.4 is 4.90 Å². The molecular formula is C25H29N3O5S. The van der Waals surface area contributed by atoms with E-state index in [0.717, 1.165) is 24.8 Å². The fourth-order valence-corrected chi connectivity index (χ4v) is 5.31. The smallest absolute Gasteiger partial charge is 0.306 e. The Balaban J connectivity index is 1.49. The van der Waals surface area contributed by atoms with Gasteiger partial charge in [0.15, 0.2) is 6.61 Å². The van der Waals surface area contributed by atoms with Gasteiger partial charge in [-0.3, -0.25) is 9.59 Å². The van der Waals surface area contributed by atoms with E-state index in [4.69, 9.17) is 10.00 Å². The average Bonchev–Trinajstić information content (AvgIpc) is 2.88. The van der Waals surface area contributed by atoms with E-state index in [1.165, 1.54) is 9.21 Å². The zero-order valence-electron chi connectivity index (χ0n) is 19.1. The molecule has 2 aromatic rings. The highest BCUT2D eigenvalue weighted by molar-refractivity contribution is 7.89. The molecule has 3 rings (SSSR count). The van der Waals surface area contributed by atoms with Crippen LogP contribution in [0.2, 0.25) is 0 Å². The first-order valence-corrected chi connectivity index (χ1v) is 12.8. The molecule has 0 bridgehead atoms. The summed E-state index contributed by atoms with van der Waals surface area (Å²) in [6.45, 7) is 0.898. The molecule has 1 fully saturated rings. The van der Waals surface area contributed by atoms with Gasteiger partial charge in [0, 0.05) is 31.7 Å². The van der Waals surface area contributed by atoms with Crippen LogP contribution in [0, 0.1) is 11.3 Å². The summed E-state index contributed by atoms with van der Waals surface area (Å²) in [5.41, 5.74) is 1.44. The number of para-hydroxylation sites is 1. The molecule has 0 unspecified atom stereocenters. The maximum absolute atomic E-state index is 12.7. The molecule has 1 aliphatic rings. The van der Waals surface area contributed by atoms with Gasteiger partial charge in [-0.1, -0.05) is 36.8 Å². The number of esters is 1. The van der Waals surface area contributed by atoms with E-state index < -0.39 is 28.5 Å². The molecular weight excluding hydrogens is 454 g/mol. The maximum atomic E-state index is 12.7. The van der Waals surface area contributed by atoms with Gasteiger partial charge in [0.05, 0.1) is 17.4 Å². The van der Waals surface area contributed by atoms with Crippen LogP contribution in [-0.2, 0) is 30.8 Å². The molecule has 0 saturated carbocycles. The first-order chi connectivity index (χ1) is 16.4. The number of rotatable bonds is 10. The summed E-state index contributed by atoms with van der Waals surface area (Å²) >= 11 is 0. The molecule has 1 aliphatic heterocycles. The third kappa shape index (κ3) is 6.89. The van der Waals surface area contributed by atoms with Crippen molar-refractivity contribution in [1.29, 1.82) is 5.26 Å². The van der Waals surface area contributed by atoms with Crippen molar-refractivity contribution >= 4 is 27.6 Å². The monoisotopic (exact) mass is 483 g/mol. The van der Waals surface area contributed by atoms with Gasteiger partial charge in [0.25, 0.3) is 5.91 Å². The Kier molecular flexibility index (Phi) is 9.19. The van der Waals surface area contributed by atoms with Crippen molar-refractivity contribution in [2.45, 2.75) is 43.4 Å². The fraction of sp³-hybridized carbons (Fsp3) is 0.400. The van der Waals surface area contributed by atoms with Crippen LogP contribution in [0.25, 0.3) is 0 Å². The number of benzene rings is 2. The SMILES string of the molecule is N#CCCN(C(=O)COC(=O)CCc1ccc(S(=O)(=O)N2CCCCC2)cc1)c1ccccc1. The van der Waals surface area contributed by atoms with Crippen LogP contribution >= 0.6 is 0 Å². The van der Waals surface area contributed by atoms with Crippen LogP contribution in [0.3, 0.4) is 0 Å². The number of anilines is 1. The topological polar surface area (TPSA) is 108 Å². The summed E-state index contributed by atoms with van der Waals surface area (Å²) in [5, 5.41) is 8.86. The lowest BCUT2D eigenvalue weighted by Crippen LogP contribution is -2.35. The van der Waals surface area contributed by atoms with E-state index in [1.807, 2.05) is 12.1 Å². The number of nitriles is 1. The molecule has 2 aromatic carbocycles. The summed E-state index contributed by atoms with van der Waals surface area (Å²) in [4.78, 5) is 26.4. The Morgan fingerprint density at radius 1 is 1.00 bits per heavy atom.